The maximum absolute atomic E-state index is 10.9. The van der Waals surface area contributed by atoms with Crippen LogP contribution in [0.25, 0.3) is 10.9 Å². The number of rotatable bonds is 1. The number of halogens is 1. The number of nitrogens with zero attached hydrogens (tertiary/aromatic N) is 1. The Morgan fingerprint density at radius 1 is 1.50 bits per heavy atom. The molecule has 1 N–H and O–H groups in total. The van der Waals surface area contributed by atoms with E-state index in [0.29, 0.717) is 5.56 Å². The summed E-state index contributed by atoms with van der Waals surface area (Å²) in [5, 5.41) is 9.91. The second kappa shape index (κ2) is 3.13. The largest absolute Gasteiger partial charge is 0.478 e. The molecule has 0 spiro atoms. The number of aryl methyl sites for hydroxylation is 1. The maximum atomic E-state index is 10.9. The quantitative estimate of drug-likeness (QED) is 0.849. The summed E-state index contributed by atoms with van der Waals surface area (Å²) in [6.45, 7) is 0. The van der Waals surface area contributed by atoms with E-state index in [1.54, 1.807) is 12.1 Å². The molecule has 0 aliphatic rings. The average Bonchev–Trinajstić information content (AvgIpc) is 2.43. The van der Waals surface area contributed by atoms with Crippen molar-refractivity contribution in [3.8, 4) is 0 Å². The molecule has 14 heavy (non-hydrogen) atoms. The molecule has 1 aromatic carbocycles. The van der Waals surface area contributed by atoms with Gasteiger partial charge in [0.15, 0.2) is 0 Å². The summed E-state index contributed by atoms with van der Waals surface area (Å²) in [4.78, 5) is 10.9. The number of carbonyl (C=O) groups is 1. The van der Waals surface area contributed by atoms with Gasteiger partial charge in [0.1, 0.15) is 0 Å². The molecule has 2 aromatic rings. The Morgan fingerprint density at radius 3 is 2.86 bits per heavy atom. The summed E-state index contributed by atoms with van der Waals surface area (Å²) in [5.74, 6) is -0.899. The third-order valence-corrected chi connectivity index (χ3v) is 2.82. The molecule has 0 saturated carbocycles. The third kappa shape index (κ3) is 1.23. The van der Waals surface area contributed by atoms with Crippen LogP contribution in [0.3, 0.4) is 0 Å². The maximum Gasteiger partial charge on any atom is 0.337 e. The van der Waals surface area contributed by atoms with Crippen molar-refractivity contribution in [3.05, 3.63) is 34.4 Å². The lowest BCUT2D eigenvalue weighted by Crippen LogP contribution is -1.99. The van der Waals surface area contributed by atoms with Crippen LogP contribution in [0.15, 0.2) is 28.9 Å². The number of aromatic carboxylic acids is 1. The first-order valence-corrected chi connectivity index (χ1v) is 4.87. The first kappa shape index (κ1) is 9.27. The highest BCUT2D eigenvalue weighted by Gasteiger charge is 2.12. The van der Waals surface area contributed by atoms with E-state index in [0.717, 1.165) is 15.4 Å². The fraction of sp³-hybridized carbons (Fsp3) is 0.100. The third-order valence-electron chi connectivity index (χ3n) is 2.18. The molecule has 1 heterocycles. The second-order valence-corrected chi connectivity index (χ2v) is 3.95. The fourth-order valence-corrected chi connectivity index (χ4v) is 2.22. The molecule has 4 heteroatoms. The van der Waals surface area contributed by atoms with Gasteiger partial charge in [-0.15, -0.1) is 0 Å². The van der Waals surface area contributed by atoms with Gasteiger partial charge >= 0.3 is 5.97 Å². The van der Waals surface area contributed by atoms with E-state index in [-0.39, 0.29) is 0 Å². The van der Waals surface area contributed by atoms with Crippen LogP contribution in [0.2, 0.25) is 0 Å². The molecule has 0 aliphatic heterocycles. The van der Waals surface area contributed by atoms with Crippen molar-refractivity contribution >= 4 is 32.8 Å². The summed E-state index contributed by atoms with van der Waals surface area (Å²) in [7, 11) is 1.83. The first-order chi connectivity index (χ1) is 6.61. The van der Waals surface area contributed by atoms with Crippen molar-refractivity contribution < 1.29 is 9.90 Å². The van der Waals surface area contributed by atoms with Gasteiger partial charge in [-0.25, -0.2) is 4.79 Å². The van der Waals surface area contributed by atoms with Crippen LogP contribution in [0.5, 0.6) is 0 Å². The van der Waals surface area contributed by atoms with Crippen LogP contribution < -0.4 is 0 Å². The average molecular weight is 254 g/mol. The van der Waals surface area contributed by atoms with Gasteiger partial charge in [-0.05, 0) is 22.0 Å². The zero-order valence-corrected chi connectivity index (χ0v) is 9.08. The fourth-order valence-electron chi connectivity index (χ4n) is 1.59. The molecule has 1 aromatic heterocycles. The smallest absolute Gasteiger partial charge is 0.337 e. The van der Waals surface area contributed by atoms with E-state index in [1.807, 2.05) is 23.9 Å². The van der Waals surface area contributed by atoms with Crippen molar-refractivity contribution in [1.82, 2.24) is 4.57 Å². The zero-order valence-electron chi connectivity index (χ0n) is 7.49. The molecule has 2 rings (SSSR count). The number of hydrogen-bond donors (Lipinski definition) is 1. The van der Waals surface area contributed by atoms with E-state index < -0.39 is 5.97 Å². The van der Waals surface area contributed by atoms with E-state index in [9.17, 15) is 4.79 Å². The van der Waals surface area contributed by atoms with Crippen molar-refractivity contribution in [1.29, 1.82) is 0 Å². The van der Waals surface area contributed by atoms with E-state index >= 15 is 0 Å². The summed E-state index contributed by atoms with van der Waals surface area (Å²) in [6, 6.07) is 5.25. The van der Waals surface area contributed by atoms with E-state index in [4.69, 9.17) is 5.11 Å². The first-order valence-electron chi connectivity index (χ1n) is 4.08. The SMILES string of the molecule is Cn1cc(Br)c2cccc(C(=O)O)c21. The van der Waals surface area contributed by atoms with Crippen molar-refractivity contribution in [2.45, 2.75) is 0 Å². The minimum Gasteiger partial charge on any atom is -0.478 e. The van der Waals surface area contributed by atoms with E-state index in [1.165, 1.54) is 0 Å². The van der Waals surface area contributed by atoms with E-state index in [2.05, 4.69) is 15.9 Å². The predicted molar refractivity (Wildman–Crippen MR) is 57.6 cm³/mol. The zero-order chi connectivity index (χ0) is 10.3. The molecule has 0 aliphatic carbocycles. The van der Waals surface area contributed by atoms with Crippen LogP contribution in [0, 0.1) is 0 Å². The molecule has 0 saturated heterocycles. The highest BCUT2D eigenvalue weighted by molar-refractivity contribution is 9.10. The van der Waals surface area contributed by atoms with Gasteiger partial charge in [-0.1, -0.05) is 12.1 Å². The van der Waals surface area contributed by atoms with Crippen molar-refractivity contribution in [2.24, 2.45) is 7.05 Å². The number of carboxylic acid groups (broad SMARTS) is 1. The topological polar surface area (TPSA) is 42.2 Å². The van der Waals surface area contributed by atoms with Crippen molar-refractivity contribution in [2.75, 3.05) is 0 Å². The molecule has 0 fully saturated rings. The normalized spacial score (nSPS) is 10.7. The minimum atomic E-state index is -0.899. The molecular formula is C10H8BrNO2. The number of carboxylic acids is 1. The Kier molecular flexibility index (Phi) is 2.07. The molecule has 0 amide bonds. The van der Waals surface area contributed by atoms with Crippen LogP contribution >= 0.6 is 15.9 Å². The van der Waals surface area contributed by atoms with Gasteiger partial charge in [0.25, 0.3) is 0 Å². The highest BCUT2D eigenvalue weighted by Crippen LogP contribution is 2.27. The standard InChI is InChI=1S/C10H8BrNO2/c1-12-5-8(11)6-3-2-4-7(9(6)12)10(13)14/h2-5H,1H3,(H,13,14). The van der Waals surface area contributed by atoms with Crippen LogP contribution in [-0.4, -0.2) is 15.6 Å². The van der Waals surface area contributed by atoms with Crippen LogP contribution in [0.4, 0.5) is 0 Å². The predicted octanol–water partition coefficient (Wildman–Crippen LogP) is 2.64. The number of hydrogen-bond acceptors (Lipinski definition) is 1. The summed E-state index contributed by atoms with van der Waals surface area (Å²) < 4.78 is 2.72. The van der Waals surface area contributed by atoms with Gasteiger partial charge in [0.05, 0.1) is 11.1 Å². The Morgan fingerprint density at radius 2 is 2.21 bits per heavy atom. The van der Waals surface area contributed by atoms with Gasteiger partial charge < -0.3 is 9.67 Å². The Balaban J connectivity index is 2.92. The van der Waals surface area contributed by atoms with Crippen LogP contribution in [-0.2, 0) is 7.05 Å². The lowest BCUT2D eigenvalue weighted by Gasteiger charge is -2.00. The molecule has 0 atom stereocenters. The molecule has 3 nitrogen and oxygen atoms in total. The summed E-state index contributed by atoms with van der Waals surface area (Å²) in [6.07, 6.45) is 1.86. The van der Waals surface area contributed by atoms with Crippen LogP contribution in [0.1, 0.15) is 10.4 Å². The number of benzene rings is 1. The lowest BCUT2D eigenvalue weighted by atomic mass is 10.1. The Labute approximate surface area is 89.1 Å². The molecule has 72 valence electrons. The van der Waals surface area contributed by atoms with Gasteiger partial charge in [0, 0.05) is 23.1 Å². The molecular weight excluding hydrogens is 246 g/mol. The Bertz CT molecular complexity index is 516. The summed E-state index contributed by atoms with van der Waals surface area (Å²) in [5.41, 5.74) is 1.07. The highest BCUT2D eigenvalue weighted by atomic mass is 79.9. The van der Waals surface area contributed by atoms with Crippen molar-refractivity contribution in [3.63, 3.8) is 0 Å². The number of fused-ring (bicyclic) bond motifs is 1. The Hall–Kier alpha value is -1.29. The van der Waals surface area contributed by atoms with Gasteiger partial charge in [-0.3, -0.25) is 0 Å². The molecule has 0 unspecified atom stereocenters. The molecule has 0 bridgehead atoms. The number of para-hydroxylation sites is 1. The second-order valence-electron chi connectivity index (χ2n) is 3.09. The minimum absolute atomic E-state index is 0.329. The number of aromatic nitrogens is 1. The molecule has 0 radical (unpaired) electrons. The van der Waals surface area contributed by atoms with Gasteiger partial charge in [-0.2, -0.15) is 0 Å². The lowest BCUT2D eigenvalue weighted by molar-refractivity contribution is 0.0698. The summed E-state index contributed by atoms with van der Waals surface area (Å²) >= 11 is 3.39. The van der Waals surface area contributed by atoms with Gasteiger partial charge in [0.2, 0.25) is 0 Å². The monoisotopic (exact) mass is 253 g/mol.